The van der Waals surface area contributed by atoms with Crippen molar-refractivity contribution in [1.29, 1.82) is 0 Å². The molecule has 0 saturated heterocycles. The molecule has 2 rings (SSSR count). The summed E-state index contributed by atoms with van der Waals surface area (Å²) in [6.07, 6.45) is 1.70. The second kappa shape index (κ2) is 4.82. The van der Waals surface area contributed by atoms with Crippen molar-refractivity contribution in [1.82, 2.24) is 0 Å². The van der Waals surface area contributed by atoms with E-state index in [0.717, 1.165) is 0 Å². The van der Waals surface area contributed by atoms with Gasteiger partial charge in [0.25, 0.3) is 0 Å². The van der Waals surface area contributed by atoms with E-state index in [2.05, 4.69) is 0 Å². The van der Waals surface area contributed by atoms with Crippen molar-refractivity contribution in [2.24, 2.45) is 0 Å². The van der Waals surface area contributed by atoms with Crippen molar-refractivity contribution in [3.63, 3.8) is 0 Å². The van der Waals surface area contributed by atoms with Crippen LogP contribution in [0.4, 0.5) is 4.39 Å². The molecular formula is C13H11FO3. The lowest BCUT2D eigenvalue weighted by molar-refractivity contribution is -0.138. The quantitative estimate of drug-likeness (QED) is 0.884. The molecular weight excluding hydrogens is 223 g/mol. The monoisotopic (exact) mass is 234 g/mol. The summed E-state index contributed by atoms with van der Waals surface area (Å²) in [4.78, 5) is 11.2. The number of carbonyl (C=O) groups is 1. The van der Waals surface area contributed by atoms with Gasteiger partial charge in [0, 0.05) is 6.42 Å². The molecule has 88 valence electrons. The maximum Gasteiger partial charge on any atom is 0.311 e. The Hall–Kier alpha value is -2.10. The molecule has 0 bridgehead atoms. The van der Waals surface area contributed by atoms with Gasteiger partial charge in [-0.3, -0.25) is 4.79 Å². The van der Waals surface area contributed by atoms with Crippen LogP contribution < -0.4 is 0 Å². The number of rotatable bonds is 4. The Labute approximate surface area is 97.5 Å². The Morgan fingerprint density at radius 1 is 1.35 bits per heavy atom. The highest BCUT2D eigenvalue weighted by Crippen LogP contribution is 2.22. The SMILES string of the molecule is O=C(O)C(Cc1ccco1)c1cccc(F)c1. The summed E-state index contributed by atoms with van der Waals surface area (Å²) in [5.74, 6) is -1.65. The van der Waals surface area contributed by atoms with Crippen LogP contribution in [0.1, 0.15) is 17.2 Å². The molecule has 0 aliphatic rings. The summed E-state index contributed by atoms with van der Waals surface area (Å²) < 4.78 is 18.2. The van der Waals surface area contributed by atoms with Gasteiger partial charge >= 0.3 is 5.97 Å². The number of hydrogen-bond acceptors (Lipinski definition) is 2. The Bertz CT molecular complexity index is 505. The van der Waals surface area contributed by atoms with Crippen molar-refractivity contribution < 1.29 is 18.7 Å². The molecule has 1 aromatic heterocycles. The summed E-state index contributed by atoms with van der Waals surface area (Å²) in [6.45, 7) is 0. The maximum atomic E-state index is 13.1. The summed E-state index contributed by atoms with van der Waals surface area (Å²) >= 11 is 0. The minimum absolute atomic E-state index is 0.214. The van der Waals surface area contributed by atoms with E-state index in [9.17, 15) is 9.18 Å². The highest BCUT2D eigenvalue weighted by Gasteiger charge is 2.21. The van der Waals surface area contributed by atoms with Gasteiger partial charge in [-0.2, -0.15) is 0 Å². The van der Waals surface area contributed by atoms with Crippen LogP contribution in [0.2, 0.25) is 0 Å². The molecule has 1 heterocycles. The van der Waals surface area contributed by atoms with Crippen LogP contribution in [0.15, 0.2) is 47.1 Å². The number of benzene rings is 1. The van der Waals surface area contributed by atoms with Gasteiger partial charge in [-0.1, -0.05) is 12.1 Å². The number of hydrogen-bond donors (Lipinski definition) is 1. The van der Waals surface area contributed by atoms with Crippen molar-refractivity contribution in [3.05, 3.63) is 59.8 Å². The van der Waals surface area contributed by atoms with E-state index in [0.29, 0.717) is 11.3 Å². The van der Waals surface area contributed by atoms with Crippen LogP contribution in [0.3, 0.4) is 0 Å². The molecule has 1 atom stereocenters. The first kappa shape index (κ1) is 11.4. The van der Waals surface area contributed by atoms with E-state index in [-0.39, 0.29) is 6.42 Å². The molecule has 0 spiro atoms. The second-order valence-electron chi connectivity index (χ2n) is 3.73. The van der Waals surface area contributed by atoms with Crippen LogP contribution in [0, 0.1) is 5.82 Å². The minimum Gasteiger partial charge on any atom is -0.481 e. The third kappa shape index (κ3) is 2.72. The first-order valence-electron chi connectivity index (χ1n) is 5.17. The smallest absolute Gasteiger partial charge is 0.311 e. The Balaban J connectivity index is 2.26. The van der Waals surface area contributed by atoms with Crippen molar-refractivity contribution >= 4 is 5.97 Å². The fourth-order valence-corrected chi connectivity index (χ4v) is 1.70. The Morgan fingerprint density at radius 2 is 2.18 bits per heavy atom. The summed E-state index contributed by atoms with van der Waals surface area (Å²) in [5, 5.41) is 9.15. The zero-order valence-corrected chi connectivity index (χ0v) is 8.97. The van der Waals surface area contributed by atoms with Gasteiger partial charge in [0.2, 0.25) is 0 Å². The average molecular weight is 234 g/mol. The van der Waals surface area contributed by atoms with Crippen molar-refractivity contribution in [2.45, 2.75) is 12.3 Å². The molecule has 1 aromatic carbocycles. The lowest BCUT2D eigenvalue weighted by Crippen LogP contribution is -2.14. The predicted octanol–water partition coefficient (Wildman–Crippen LogP) is 2.83. The van der Waals surface area contributed by atoms with E-state index >= 15 is 0 Å². The molecule has 0 aliphatic heterocycles. The van der Waals surface area contributed by atoms with Crippen molar-refractivity contribution in [2.75, 3.05) is 0 Å². The highest BCUT2D eigenvalue weighted by molar-refractivity contribution is 5.76. The van der Waals surface area contributed by atoms with E-state index in [1.165, 1.54) is 24.5 Å². The lowest BCUT2D eigenvalue weighted by atomic mass is 9.95. The van der Waals surface area contributed by atoms with E-state index in [1.54, 1.807) is 18.2 Å². The number of furan rings is 1. The van der Waals surface area contributed by atoms with Crippen LogP contribution in [-0.4, -0.2) is 11.1 Å². The molecule has 0 aliphatic carbocycles. The molecule has 0 amide bonds. The van der Waals surface area contributed by atoms with Gasteiger partial charge in [-0.25, -0.2) is 4.39 Å². The number of halogens is 1. The molecule has 1 unspecified atom stereocenters. The van der Waals surface area contributed by atoms with Crippen LogP contribution in [0.5, 0.6) is 0 Å². The van der Waals surface area contributed by atoms with Gasteiger partial charge < -0.3 is 9.52 Å². The molecule has 0 radical (unpaired) electrons. The van der Waals surface area contributed by atoms with E-state index in [4.69, 9.17) is 9.52 Å². The molecule has 3 nitrogen and oxygen atoms in total. The van der Waals surface area contributed by atoms with Gasteiger partial charge in [0.1, 0.15) is 11.6 Å². The van der Waals surface area contributed by atoms with Gasteiger partial charge in [-0.05, 0) is 29.8 Å². The Morgan fingerprint density at radius 3 is 2.76 bits per heavy atom. The highest BCUT2D eigenvalue weighted by atomic mass is 19.1. The first-order valence-corrected chi connectivity index (χ1v) is 5.17. The van der Waals surface area contributed by atoms with Crippen LogP contribution in [-0.2, 0) is 11.2 Å². The normalized spacial score (nSPS) is 12.3. The molecule has 0 fully saturated rings. The largest absolute Gasteiger partial charge is 0.481 e. The average Bonchev–Trinajstić information content (AvgIpc) is 2.78. The lowest BCUT2D eigenvalue weighted by Gasteiger charge is -2.11. The van der Waals surface area contributed by atoms with Crippen molar-refractivity contribution in [3.8, 4) is 0 Å². The van der Waals surface area contributed by atoms with Gasteiger partial charge in [0.05, 0.1) is 12.2 Å². The Kier molecular flexibility index (Phi) is 3.23. The standard InChI is InChI=1S/C13H11FO3/c14-10-4-1-3-9(7-10)12(13(15)16)8-11-5-2-6-17-11/h1-7,12H,8H2,(H,15,16). The van der Waals surface area contributed by atoms with E-state index in [1.807, 2.05) is 0 Å². The molecule has 1 N–H and O–H groups in total. The molecule has 4 heteroatoms. The van der Waals surface area contributed by atoms with Gasteiger partial charge in [-0.15, -0.1) is 0 Å². The van der Waals surface area contributed by atoms with Crippen LogP contribution >= 0.6 is 0 Å². The molecule has 17 heavy (non-hydrogen) atoms. The summed E-state index contributed by atoms with van der Waals surface area (Å²) in [5.41, 5.74) is 0.439. The summed E-state index contributed by atoms with van der Waals surface area (Å²) in [7, 11) is 0. The fourth-order valence-electron chi connectivity index (χ4n) is 1.70. The molecule has 0 saturated carbocycles. The maximum absolute atomic E-state index is 13.1. The van der Waals surface area contributed by atoms with E-state index < -0.39 is 17.7 Å². The van der Waals surface area contributed by atoms with Crippen LogP contribution in [0.25, 0.3) is 0 Å². The third-order valence-corrected chi connectivity index (χ3v) is 2.53. The second-order valence-corrected chi connectivity index (χ2v) is 3.73. The minimum atomic E-state index is -0.994. The topological polar surface area (TPSA) is 50.4 Å². The zero-order valence-electron chi connectivity index (χ0n) is 8.97. The fraction of sp³-hybridized carbons (Fsp3) is 0.154. The first-order chi connectivity index (χ1) is 8.16. The number of carboxylic acid groups (broad SMARTS) is 1. The number of carboxylic acids is 1. The van der Waals surface area contributed by atoms with Gasteiger partial charge in [0.15, 0.2) is 0 Å². The zero-order chi connectivity index (χ0) is 12.3. The predicted molar refractivity (Wildman–Crippen MR) is 59.2 cm³/mol. The summed E-state index contributed by atoms with van der Waals surface area (Å²) in [6, 6.07) is 9.03. The number of aliphatic carboxylic acids is 1. The third-order valence-electron chi connectivity index (χ3n) is 2.53. The molecule has 2 aromatic rings.